The molecule has 4 amide bonds. The number of carbonyl (C=O) groups is 3. The topological polar surface area (TPSA) is 95.7 Å². The molecule has 128 valence electrons. The third-order valence-electron chi connectivity index (χ3n) is 3.79. The maximum absolute atomic E-state index is 11.9. The Kier molecular flexibility index (Phi) is 9.04. The fourth-order valence-electron chi connectivity index (χ4n) is 2.06. The maximum atomic E-state index is 11.9. The molecular formula is C14H27ClN4O3. The summed E-state index contributed by atoms with van der Waals surface area (Å²) in [6.45, 7) is 5.09. The van der Waals surface area contributed by atoms with Crippen LogP contribution in [0.4, 0.5) is 4.79 Å². The molecule has 1 saturated heterocycles. The van der Waals surface area contributed by atoms with Gasteiger partial charge in [-0.1, -0.05) is 13.8 Å². The average molecular weight is 335 g/mol. The highest BCUT2D eigenvalue weighted by molar-refractivity contribution is 6.01. The molecule has 1 rings (SSSR count). The summed E-state index contributed by atoms with van der Waals surface area (Å²) >= 11 is 0. The van der Waals surface area contributed by atoms with E-state index in [-0.39, 0.29) is 49.4 Å². The van der Waals surface area contributed by atoms with Gasteiger partial charge in [0.2, 0.25) is 11.8 Å². The third-order valence-corrected chi connectivity index (χ3v) is 3.79. The van der Waals surface area contributed by atoms with Gasteiger partial charge in [0.1, 0.15) is 0 Å². The van der Waals surface area contributed by atoms with Crippen LogP contribution < -0.4 is 11.1 Å². The smallest absolute Gasteiger partial charge is 0.324 e. The van der Waals surface area contributed by atoms with Crippen molar-refractivity contribution < 1.29 is 14.4 Å². The highest BCUT2D eigenvalue weighted by atomic mass is 35.5. The molecule has 0 radical (unpaired) electrons. The van der Waals surface area contributed by atoms with Crippen molar-refractivity contribution in [1.29, 1.82) is 0 Å². The predicted molar refractivity (Wildman–Crippen MR) is 86.7 cm³/mol. The van der Waals surface area contributed by atoms with E-state index in [1.807, 2.05) is 0 Å². The molecular weight excluding hydrogens is 308 g/mol. The molecule has 1 aliphatic heterocycles. The van der Waals surface area contributed by atoms with Gasteiger partial charge >= 0.3 is 6.03 Å². The number of urea groups is 1. The van der Waals surface area contributed by atoms with E-state index in [1.54, 1.807) is 11.9 Å². The summed E-state index contributed by atoms with van der Waals surface area (Å²) in [7, 11) is 1.75. The number of rotatable bonds is 8. The van der Waals surface area contributed by atoms with Gasteiger partial charge in [0.05, 0.1) is 6.54 Å². The molecule has 0 spiro atoms. The molecule has 1 fully saturated rings. The Morgan fingerprint density at radius 3 is 2.55 bits per heavy atom. The first-order chi connectivity index (χ1) is 9.82. The molecule has 1 heterocycles. The van der Waals surface area contributed by atoms with Crippen LogP contribution in [0.3, 0.4) is 0 Å². The van der Waals surface area contributed by atoms with Crippen LogP contribution in [0.2, 0.25) is 0 Å². The van der Waals surface area contributed by atoms with Crippen LogP contribution in [0.15, 0.2) is 0 Å². The number of hydrogen-bond donors (Lipinski definition) is 2. The Labute approximate surface area is 138 Å². The van der Waals surface area contributed by atoms with Gasteiger partial charge < -0.3 is 16.0 Å². The van der Waals surface area contributed by atoms with Gasteiger partial charge in [0.25, 0.3) is 0 Å². The molecule has 8 heteroatoms. The van der Waals surface area contributed by atoms with Crippen molar-refractivity contribution in [2.24, 2.45) is 11.7 Å². The lowest BCUT2D eigenvalue weighted by Crippen LogP contribution is -2.35. The summed E-state index contributed by atoms with van der Waals surface area (Å²) < 4.78 is 0. The maximum Gasteiger partial charge on any atom is 0.324 e. The van der Waals surface area contributed by atoms with Crippen molar-refractivity contribution in [1.82, 2.24) is 15.1 Å². The molecule has 1 aliphatic rings. The lowest BCUT2D eigenvalue weighted by atomic mass is 10.0. The summed E-state index contributed by atoms with van der Waals surface area (Å²) in [5, 5.41) is 2.45. The Balaban J connectivity index is 0.00000441. The van der Waals surface area contributed by atoms with Crippen LogP contribution in [0.5, 0.6) is 0 Å². The fraction of sp³-hybridized carbons (Fsp3) is 0.786. The highest BCUT2D eigenvalue weighted by Gasteiger charge is 2.27. The van der Waals surface area contributed by atoms with E-state index < -0.39 is 0 Å². The van der Waals surface area contributed by atoms with E-state index in [0.717, 1.165) is 11.3 Å². The first kappa shape index (κ1) is 20.7. The van der Waals surface area contributed by atoms with Crippen molar-refractivity contribution >= 4 is 30.3 Å². The first-order valence-corrected chi connectivity index (χ1v) is 7.40. The summed E-state index contributed by atoms with van der Waals surface area (Å²) in [6.07, 6.45) is 1.58. The summed E-state index contributed by atoms with van der Waals surface area (Å²) in [5.41, 5.74) is 5.95. The number of amides is 4. The highest BCUT2D eigenvalue weighted by Crippen LogP contribution is 2.06. The van der Waals surface area contributed by atoms with Gasteiger partial charge in [-0.3, -0.25) is 14.5 Å². The predicted octanol–water partition coefficient (Wildman–Crippen LogP) is 0.572. The quantitative estimate of drug-likeness (QED) is 0.634. The minimum Gasteiger partial charge on any atom is -0.346 e. The van der Waals surface area contributed by atoms with Crippen molar-refractivity contribution in [3.05, 3.63) is 0 Å². The Morgan fingerprint density at radius 1 is 1.41 bits per heavy atom. The van der Waals surface area contributed by atoms with Crippen LogP contribution in [0.25, 0.3) is 0 Å². The Hall–Kier alpha value is -1.34. The average Bonchev–Trinajstić information content (AvgIpc) is 2.75. The lowest BCUT2D eigenvalue weighted by molar-refractivity contribution is -0.131. The molecule has 0 aromatic carbocycles. The zero-order valence-corrected chi connectivity index (χ0v) is 14.3. The van der Waals surface area contributed by atoms with Gasteiger partial charge in [-0.05, 0) is 18.8 Å². The van der Waals surface area contributed by atoms with E-state index >= 15 is 0 Å². The lowest BCUT2D eigenvalue weighted by Gasteiger charge is -2.22. The number of imide groups is 1. The molecule has 7 nitrogen and oxygen atoms in total. The SMILES string of the molecule is CC(C)C(N)CCN(C)C(=O)CCCN1C(=O)CNC1=O.Cl. The van der Waals surface area contributed by atoms with Crippen molar-refractivity contribution in [3.8, 4) is 0 Å². The molecule has 0 saturated carbocycles. The van der Waals surface area contributed by atoms with Crippen LogP contribution in [-0.2, 0) is 9.59 Å². The number of nitrogens with one attached hydrogen (secondary N) is 1. The van der Waals surface area contributed by atoms with Crippen LogP contribution in [0.1, 0.15) is 33.1 Å². The summed E-state index contributed by atoms with van der Waals surface area (Å²) in [5.74, 6) is 0.176. The monoisotopic (exact) mass is 334 g/mol. The zero-order chi connectivity index (χ0) is 16.0. The number of nitrogens with two attached hydrogens (primary N) is 1. The summed E-state index contributed by atoms with van der Waals surface area (Å²) in [4.78, 5) is 37.4. The zero-order valence-electron chi connectivity index (χ0n) is 13.5. The minimum absolute atomic E-state index is 0. The Morgan fingerprint density at radius 2 is 2.05 bits per heavy atom. The number of nitrogens with zero attached hydrogens (tertiary/aromatic N) is 2. The molecule has 1 unspecified atom stereocenters. The molecule has 0 bridgehead atoms. The van der Waals surface area contributed by atoms with E-state index in [9.17, 15) is 14.4 Å². The van der Waals surface area contributed by atoms with Gasteiger partial charge in [-0.2, -0.15) is 0 Å². The molecule has 0 aliphatic carbocycles. The third kappa shape index (κ3) is 6.19. The van der Waals surface area contributed by atoms with Gasteiger partial charge in [-0.15, -0.1) is 12.4 Å². The summed E-state index contributed by atoms with van der Waals surface area (Å²) in [6, 6.07) is -0.283. The molecule has 0 aromatic heterocycles. The molecule has 1 atom stereocenters. The van der Waals surface area contributed by atoms with Crippen molar-refractivity contribution in [2.45, 2.75) is 39.2 Å². The van der Waals surface area contributed by atoms with E-state index in [0.29, 0.717) is 25.3 Å². The second-order valence-electron chi connectivity index (χ2n) is 5.82. The van der Waals surface area contributed by atoms with Crippen molar-refractivity contribution in [2.75, 3.05) is 26.7 Å². The van der Waals surface area contributed by atoms with Crippen molar-refractivity contribution in [3.63, 3.8) is 0 Å². The second kappa shape index (κ2) is 9.63. The van der Waals surface area contributed by atoms with E-state index in [1.165, 1.54) is 0 Å². The van der Waals surface area contributed by atoms with Crippen LogP contribution in [0, 0.1) is 5.92 Å². The normalized spacial score (nSPS) is 15.6. The molecule has 0 aromatic rings. The largest absolute Gasteiger partial charge is 0.346 e. The number of carbonyl (C=O) groups excluding carboxylic acids is 3. The minimum atomic E-state index is -0.372. The second-order valence-corrected chi connectivity index (χ2v) is 5.82. The molecule has 22 heavy (non-hydrogen) atoms. The molecule has 3 N–H and O–H groups in total. The standard InChI is InChI=1S/C14H26N4O3.ClH/c1-10(2)11(15)6-8-17(3)12(19)5-4-7-18-13(20)9-16-14(18)21;/h10-11H,4-9,15H2,1-3H3,(H,16,21);1H. The Bertz CT molecular complexity index is 388. The van der Waals surface area contributed by atoms with E-state index in [2.05, 4.69) is 19.2 Å². The number of hydrogen-bond acceptors (Lipinski definition) is 4. The van der Waals surface area contributed by atoms with Gasteiger partial charge in [0.15, 0.2) is 0 Å². The van der Waals surface area contributed by atoms with Crippen LogP contribution in [-0.4, -0.2) is 60.4 Å². The van der Waals surface area contributed by atoms with Gasteiger partial charge in [0, 0.05) is 32.6 Å². The number of halogens is 1. The first-order valence-electron chi connectivity index (χ1n) is 7.40. The van der Waals surface area contributed by atoms with E-state index in [4.69, 9.17) is 5.73 Å². The van der Waals surface area contributed by atoms with Gasteiger partial charge in [-0.25, -0.2) is 4.79 Å². The van der Waals surface area contributed by atoms with Crippen LogP contribution >= 0.6 is 12.4 Å². The fourth-order valence-corrected chi connectivity index (χ4v) is 2.06.